The minimum atomic E-state index is -4.45. The molecule has 0 radical (unpaired) electrons. The molecule has 1 atom stereocenters. The average Bonchev–Trinajstić information content (AvgIpc) is 3.21. The molecule has 1 fully saturated rings. The zero-order chi connectivity index (χ0) is 19.1. The Bertz CT molecular complexity index is 799. The standard InChI is InChI=1S/C17H16F5N3O/c1-16(11-3-5-12(6-4-11)17(20,21)22)8-2-10-24(16)14(26)13-7-9-23-25(13)15(18)19/h3-7,9,15H,2,8,10H2,1H3. The third-order valence-corrected chi connectivity index (χ3v) is 4.79. The van der Waals surface area contributed by atoms with E-state index < -0.39 is 29.7 Å². The monoisotopic (exact) mass is 373 g/mol. The summed E-state index contributed by atoms with van der Waals surface area (Å²) < 4.78 is 64.6. The molecule has 1 aromatic heterocycles. The number of carbonyl (C=O) groups is 1. The molecule has 0 bridgehead atoms. The lowest BCUT2D eigenvalue weighted by Gasteiger charge is -2.36. The summed E-state index contributed by atoms with van der Waals surface area (Å²) in [5.41, 5.74) is -1.38. The Kier molecular flexibility index (Phi) is 4.49. The van der Waals surface area contributed by atoms with E-state index in [1.54, 1.807) is 6.92 Å². The molecule has 0 saturated carbocycles. The molecule has 26 heavy (non-hydrogen) atoms. The number of rotatable bonds is 3. The fraction of sp³-hybridized carbons (Fsp3) is 0.412. The Labute approximate surface area is 146 Å². The van der Waals surface area contributed by atoms with Gasteiger partial charge in [0.1, 0.15) is 5.69 Å². The average molecular weight is 373 g/mol. The Morgan fingerprint density at radius 2 is 1.85 bits per heavy atom. The normalized spacial score (nSPS) is 20.8. The van der Waals surface area contributed by atoms with Crippen molar-refractivity contribution in [3.8, 4) is 0 Å². The summed E-state index contributed by atoms with van der Waals surface area (Å²) in [6.45, 7) is -0.905. The molecule has 140 valence electrons. The van der Waals surface area contributed by atoms with Gasteiger partial charge in [0, 0.05) is 12.7 Å². The maximum absolute atomic E-state index is 13.0. The first-order valence-electron chi connectivity index (χ1n) is 7.96. The Morgan fingerprint density at radius 1 is 1.19 bits per heavy atom. The van der Waals surface area contributed by atoms with E-state index in [4.69, 9.17) is 0 Å². The summed E-state index contributed by atoms with van der Waals surface area (Å²) in [5.74, 6) is -0.623. The molecule has 1 saturated heterocycles. The third kappa shape index (κ3) is 3.06. The highest BCUT2D eigenvalue weighted by atomic mass is 19.4. The zero-order valence-electron chi connectivity index (χ0n) is 13.8. The first-order valence-corrected chi connectivity index (χ1v) is 7.96. The van der Waals surface area contributed by atoms with Crippen LogP contribution in [-0.4, -0.2) is 27.1 Å². The lowest BCUT2D eigenvalue weighted by molar-refractivity contribution is -0.137. The van der Waals surface area contributed by atoms with Crippen LogP contribution in [0.5, 0.6) is 0 Å². The van der Waals surface area contributed by atoms with Gasteiger partial charge < -0.3 is 4.90 Å². The van der Waals surface area contributed by atoms with E-state index >= 15 is 0 Å². The Balaban J connectivity index is 1.93. The van der Waals surface area contributed by atoms with E-state index in [2.05, 4.69) is 5.10 Å². The van der Waals surface area contributed by atoms with Crippen molar-refractivity contribution in [2.45, 2.75) is 38.0 Å². The van der Waals surface area contributed by atoms with Crippen LogP contribution in [0.2, 0.25) is 0 Å². The van der Waals surface area contributed by atoms with Crippen LogP contribution in [0.1, 0.15) is 47.9 Å². The van der Waals surface area contributed by atoms with Crippen molar-refractivity contribution in [1.29, 1.82) is 0 Å². The van der Waals surface area contributed by atoms with Crippen LogP contribution in [0, 0.1) is 0 Å². The zero-order valence-corrected chi connectivity index (χ0v) is 13.8. The largest absolute Gasteiger partial charge is 0.416 e. The summed E-state index contributed by atoms with van der Waals surface area (Å²) in [7, 11) is 0. The summed E-state index contributed by atoms with van der Waals surface area (Å²) in [5, 5.41) is 3.46. The van der Waals surface area contributed by atoms with Gasteiger partial charge in [-0.3, -0.25) is 4.79 Å². The van der Waals surface area contributed by atoms with Crippen LogP contribution in [0.15, 0.2) is 36.5 Å². The van der Waals surface area contributed by atoms with Crippen molar-refractivity contribution in [2.75, 3.05) is 6.54 Å². The Morgan fingerprint density at radius 3 is 2.42 bits per heavy atom. The number of halogens is 5. The van der Waals surface area contributed by atoms with Gasteiger partial charge in [0.05, 0.1) is 11.1 Å². The van der Waals surface area contributed by atoms with Crippen LogP contribution < -0.4 is 0 Å². The van der Waals surface area contributed by atoms with E-state index in [1.165, 1.54) is 23.1 Å². The highest BCUT2D eigenvalue weighted by molar-refractivity contribution is 5.93. The van der Waals surface area contributed by atoms with Gasteiger partial charge in [-0.1, -0.05) is 12.1 Å². The minimum Gasteiger partial charge on any atom is -0.328 e. The van der Waals surface area contributed by atoms with Crippen molar-refractivity contribution >= 4 is 5.91 Å². The molecule has 1 aromatic carbocycles. The van der Waals surface area contributed by atoms with Crippen molar-refractivity contribution in [3.63, 3.8) is 0 Å². The maximum Gasteiger partial charge on any atom is 0.416 e. The highest BCUT2D eigenvalue weighted by Gasteiger charge is 2.43. The molecule has 3 rings (SSSR count). The van der Waals surface area contributed by atoms with Crippen molar-refractivity contribution in [3.05, 3.63) is 53.3 Å². The first-order chi connectivity index (χ1) is 12.1. The van der Waals surface area contributed by atoms with Crippen LogP contribution in [0.25, 0.3) is 0 Å². The number of aromatic nitrogens is 2. The van der Waals surface area contributed by atoms with E-state index in [0.717, 1.165) is 18.3 Å². The van der Waals surface area contributed by atoms with Gasteiger partial charge in [0.15, 0.2) is 0 Å². The van der Waals surface area contributed by atoms with Gasteiger partial charge in [0.2, 0.25) is 0 Å². The molecule has 1 aliphatic rings. The van der Waals surface area contributed by atoms with Gasteiger partial charge in [-0.25, -0.2) is 0 Å². The van der Waals surface area contributed by atoms with Gasteiger partial charge in [-0.15, -0.1) is 0 Å². The molecule has 1 aliphatic heterocycles. The Hall–Kier alpha value is -2.45. The summed E-state index contributed by atoms with van der Waals surface area (Å²) in [4.78, 5) is 14.2. The van der Waals surface area contributed by atoms with Gasteiger partial charge in [0.25, 0.3) is 5.91 Å². The second-order valence-corrected chi connectivity index (χ2v) is 6.35. The first kappa shape index (κ1) is 18.3. The molecular formula is C17H16F5N3O. The van der Waals surface area contributed by atoms with Crippen LogP contribution in [-0.2, 0) is 11.7 Å². The number of amides is 1. The second-order valence-electron chi connectivity index (χ2n) is 6.35. The predicted molar refractivity (Wildman–Crippen MR) is 82.5 cm³/mol. The molecule has 0 aliphatic carbocycles. The number of hydrogen-bond donors (Lipinski definition) is 0. The van der Waals surface area contributed by atoms with E-state index in [1.807, 2.05) is 0 Å². The molecule has 1 amide bonds. The lowest BCUT2D eigenvalue weighted by atomic mass is 9.88. The van der Waals surface area contributed by atoms with E-state index in [0.29, 0.717) is 29.6 Å². The molecule has 2 aromatic rings. The summed E-state index contributed by atoms with van der Waals surface area (Å²) in [6, 6.07) is 5.80. The fourth-order valence-corrected chi connectivity index (χ4v) is 3.38. The molecule has 0 spiro atoms. The summed E-state index contributed by atoms with van der Waals surface area (Å²) >= 11 is 0. The van der Waals surface area contributed by atoms with Crippen molar-refractivity contribution < 1.29 is 26.7 Å². The number of likely N-dealkylation sites (tertiary alicyclic amines) is 1. The molecule has 0 N–H and O–H groups in total. The number of hydrogen-bond acceptors (Lipinski definition) is 2. The second kappa shape index (κ2) is 6.37. The van der Waals surface area contributed by atoms with Gasteiger partial charge >= 0.3 is 12.7 Å². The van der Waals surface area contributed by atoms with Crippen molar-refractivity contribution in [2.24, 2.45) is 0 Å². The SMILES string of the molecule is CC1(c2ccc(C(F)(F)F)cc2)CCCN1C(=O)c1ccnn1C(F)F. The predicted octanol–water partition coefficient (Wildman–Crippen LogP) is 4.45. The molecular weight excluding hydrogens is 357 g/mol. The van der Waals surface area contributed by atoms with E-state index in [9.17, 15) is 26.7 Å². The highest BCUT2D eigenvalue weighted by Crippen LogP contribution is 2.40. The smallest absolute Gasteiger partial charge is 0.328 e. The number of alkyl halides is 5. The van der Waals surface area contributed by atoms with Crippen LogP contribution in [0.4, 0.5) is 22.0 Å². The van der Waals surface area contributed by atoms with Gasteiger partial charge in [-0.05, 0) is 43.5 Å². The molecule has 4 nitrogen and oxygen atoms in total. The third-order valence-electron chi connectivity index (χ3n) is 4.79. The quantitative estimate of drug-likeness (QED) is 0.746. The number of nitrogens with zero attached hydrogens (tertiary/aromatic N) is 3. The molecule has 2 heterocycles. The maximum atomic E-state index is 13.0. The molecule has 9 heteroatoms. The molecule has 1 unspecified atom stereocenters. The number of benzene rings is 1. The fourth-order valence-electron chi connectivity index (χ4n) is 3.38. The minimum absolute atomic E-state index is 0.250. The van der Waals surface area contributed by atoms with Gasteiger partial charge in [-0.2, -0.15) is 31.7 Å². The van der Waals surface area contributed by atoms with Crippen molar-refractivity contribution in [1.82, 2.24) is 14.7 Å². The number of carbonyl (C=O) groups excluding carboxylic acids is 1. The van der Waals surface area contributed by atoms with Crippen LogP contribution in [0.3, 0.4) is 0 Å². The summed E-state index contributed by atoms with van der Waals surface area (Å²) in [6.07, 6.45) is -2.20. The van der Waals surface area contributed by atoms with E-state index in [-0.39, 0.29) is 5.69 Å². The van der Waals surface area contributed by atoms with Crippen LogP contribution >= 0.6 is 0 Å². The topological polar surface area (TPSA) is 38.1 Å². The lowest BCUT2D eigenvalue weighted by Crippen LogP contribution is -2.43.